The number of piperidine rings is 1. The fourth-order valence-corrected chi connectivity index (χ4v) is 2.17. The normalized spacial score (nSPS) is 24.8. The molecule has 1 heterocycles. The summed E-state index contributed by atoms with van der Waals surface area (Å²) in [4.78, 5) is 24.4. The van der Waals surface area contributed by atoms with Crippen molar-refractivity contribution in [1.29, 1.82) is 0 Å². The van der Waals surface area contributed by atoms with Crippen LogP contribution in [0.1, 0.15) is 25.7 Å². The van der Waals surface area contributed by atoms with Gasteiger partial charge < -0.3 is 21.3 Å². The second kappa shape index (κ2) is 5.35. The molecular weight excluding hydrogens is 220 g/mol. The second-order valence-corrected chi connectivity index (χ2v) is 4.75. The van der Waals surface area contributed by atoms with Crippen molar-refractivity contribution in [2.45, 2.75) is 37.8 Å². The molecule has 1 saturated carbocycles. The average Bonchev–Trinajstić information content (AvgIpc) is 3.07. The molecule has 6 nitrogen and oxygen atoms in total. The molecule has 0 aromatic rings. The van der Waals surface area contributed by atoms with Crippen LogP contribution in [0.15, 0.2) is 0 Å². The lowest BCUT2D eigenvalue weighted by atomic mass is 10.0. The summed E-state index contributed by atoms with van der Waals surface area (Å²) in [5.41, 5.74) is 4.98. The zero-order valence-electron chi connectivity index (χ0n) is 9.95. The van der Waals surface area contributed by atoms with Crippen molar-refractivity contribution < 1.29 is 9.59 Å². The van der Waals surface area contributed by atoms with Gasteiger partial charge in [0.2, 0.25) is 5.91 Å². The molecule has 2 aliphatic rings. The summed E-state index contributed by atoms with van der Waals surface area (Å²) < 4.78 is 0. The number of hydrogen-bond donors (Lipinski definition) is 3. The van der Waals surface area contributed by atoms with Crippen LogP contribution < -0.4 is 16.4 Å². The molecule has 1 saturated heterocycles. The quantitative estimate of drug-likeness (QED) is 0.599. The van der Waals surface area contributed by atoms with Crippen molar-refractivity contribution in [2.75, 3.05) is 19.6 Å². The van der Waals surface area contributed by atoms with Crippen molar-refractivity contribution in [1.82, 2.24) is 15.5 Å². The Bertz CT molecular complexity index is 304. The van der Waals surface area contributed by atoms with Crippen molar-refractivity contribution in [3.05, 3.63) is 0 Å². The highest BCUT2D eigenvalue weighted by Crippen LogP contribution is 2.22. The van der Waals surface area contributed by atoms with E-state index < -0.39 is 6.03 Å². The molecule has 6 heteroatoms. The highest BCUT2D eigenvalue weighted by Gasteiger charge is 2.32. The summed E-state index contributed by atoms with van der Waals surface area (Å²) >= 11 is 0. The molecule has 1 unspecified atom stereocenters. The van der Waals surface area contributed by atoms with Gasteiger partial charge in [0, 0.05) is 25.7 Å². The first kappa shape index (κ1) is 12.2. The minimum Gasteiger partial charge on any atom is -0.352 e. The van der Waals surface area contributed by atoms with Gasteiger partial charge in [-0.3, -0.25) is 4.79 Å². The number of carbonyl (C=O) groups excluding carboxylic acids is 2. The molecule has 1 aliphatic carbocycles. The number of urea groups is 1. The van der Waals surface area contributed by atoms with E-state index in [0.717, 1.165) is 19.4 Å². The maximum Gasteiger partial charge on any atom is 0.312 e. The fraction of sp³-hybridized carbons (Fsp3) is 0.818. The highest BCUT2D eigenvalue weighted by atomic mass is 16.2. The molecule has 2 fully saturated rings. The van der Waals surface area contributed by atoms with E-state index in [2.05, 4.69) is 10.6 Å². The first-order chi connectivity index (χ1) is 8.16. The van der Waals surface area contributed by atoms with Crippen LogP contribution in [0, 0.1) is 0 Å². The number of likely N-dealkylation sites (tertiary alicyclic amines) is 1. The third kappa shape index (κ3) is 3.59. The van der Waals surface area contributed by atoms with Crippen LogP contribution in [0.4, 0.5) is 4.79 Å². The van der Waals surface area contributed by atoms with E-state index in [-0.39, 0.29) is 11.9 Å². The Morgan fingerprint density at radius 1 is 1.41 bits per heavy atom. The molecular formula is C11H20N4O2. The lowest BCUT2D eigenvalue weighted by Gasteiger charge is -2.32. The molecule has 4 N–H and O–H groups in total. The number of rotatable bonds is 5. The summed E-state index contributed by atoms with van der Waals surface area (Å²) in [6.07, 6.45) is 4.32. The zero-order valence-corrected chi connectivity index (χ0v) is 9.95. The lowest BCUT2D eigenvalue weighted by molar-refractivity contribution is -0.135. The van der Waals surface area contributed by atoms with Gasteiger partial charge in [-0.2, -0.15) is 0 Å². The first-order valence-electron chi connectivity index (χ1n) is 6.25. The lowest BCUT2D eigenvalue weighted by Crippen LogP contribution is -2.53. The molecule has 0 spiro atoms. The SMILES string of the molecule is NC(=O)NCCN1CCCC(NC2CC2)C1=O. The van der Waals surface area contributed by atoms with Gasteiger partial charge in [-0.15, -0.1) is 0 Å². The van der Waals surface area contributed by atoms with E-state index in [1.54, 1.807) is 4.90 Å². The molecule has 96 valence electrons. The topological polar surface area (TPSA) is 87.5 Å². The molecule has 2 rings (SSSR count). The van der Waals surface area contributed by atoms with E-state index in [9.17, 15) is 9.59 Å². The van der Waals surface area contributed by atoms with E-state index in [1.165, 1.54) is 12.8 Å². The summed E-state index contributed by atoms with van der Waals surface area (Å²) in [6.45, 7) is 1.75. The molecule has 0 aromatic carbocycles. The van der Waals surface area contributed by atoms with Gasteiger partial charge in [0.05, 0.1) is 6.04 Å². The predicted molar refractivity (Wildman–Crippen MR) is 63.3 cm³/mol. The summed E-state index contributed by atoms with van der Waals surface area (Å²) in [7, 11) is 0. The van der Waals surface area contributed by atoms with Crippen LogP contribution in [0.2, 0.25) is 0 Å². The Labute approximate surface area is 101 Å². The van der Waals surface area contributed by atoms with Crippen LogP contribution in [-0.2, 0) is 4.79 Å². The Balaban J connectivity index is 1.76. The van der Waals surface area contributed by atoms with Gasteiger partial charge in [0.1, 0.15) is 0 Å². The van der Waals surface area contributed by atoms with Crippen molar-refractivity contribution in [3.8, 4) is 0 Å². The summed E-state index contributed by atoms with van der Waals surface area (Å²) in [5.74, 6) is 0.162. The molecule has 0 radical (unpaired) electrons. The predicted octanol–water partition coefficient (Wildman–Crippen LogP) is -0.602. The van der Waals surface area contributed by atoms with Gasteiger partial charge in [0.15, 0.2) is 0 Å². The van der Waals surface area contributed by atoms with Crippen LogP contribution in [0.5, 0.6) is 0 Å². The largest absolute Gasteiger partial charge is 0.352 e. The third-order valence-corrected chi connectivity index (χ3v) is 3.23. The minimum absolute atomic E-state index is 0.0233. The third-order valence-electron chi connectivity index (χ3n) is 3.23. The Morgan fingerprint density at radius 3 is 2.82 bits per heavy atom. The Kier molecular flexibility index (Phi) is 3.83. The first-order valence-corrected chi connectivity index (χ1v) is 6.25. The monoisotopic (exact) mass is 240 g/mol. The number of carbonyl (C=O) groups is 2. The van der Waals surface area contributed by atoms with Crippen LogP contribution in [-0.4, -0.2) is 48.6 Å². The van der Waals surface area contributed by atoms with Crippen molar-refractivity contribution in [2.24, 2.45) is 5.73 Å². The van der Waals surface area contributed by atoms with E-state index >= 15 is 0 Å². The standard InChI is InChI=1S/C11H20N4O2/c12-11(17)13-5-7-15-6-1-2-9(10(15)16)14-8-3-4-8/h8-9,14H,1-7H2,(H3,12,13,17). The van der Waals surface area contributed by atoms with Crippen LogP contribution >= 0.6 is 0 Å². The number of amides is 3. The zero-order chi connectivity index (χ0) is 12.3. The van der Waals surface area contributed by atoms with E-state index in [4.69, 9.17) is 5.73 Å². The smallest absolute Gasteiger partial charge is 0.312 e. The fourth-order valence-electron chi connectivity index (χ4n) is 2.17. The van der Waals surface area contributed by atoms with Crippen molar-refractivity contribution in [3.63, 3.8) is 0 Å². The Hall–Kier alpha value is -1.30. The van der Waals surface area contributed by atoms with Gasteiger partial charge in [-0.1, -0.05) is 0 Å². The van der Waals surface area contributed by atoms with E-state index in [0.29, 0.717) is 19.1 Å². The number of nitrogens with two attached hydrogens (primary N) is 1. The maximum absolute atomic E-state index is 12.1. The molecule has 3 amide bonds. The summed E-state index contributed by atoms with van der Waals surface area (Å²) in [5, 5.41) is 5.87. The molecule has 0 bridgehead atoms. The van der Waals surface area contributed by atoms with Gasteiger partial charge in [-0.05, 0) is 25.7 Å². The minimum atomic E-state index is -0.540. The maximum atomic E-state index is 12.1. The molecule has 1 aliphatic heterocycles. The number of hydrogen-bond acceptors (Lipinski definition) is 3. The van der Waals surface area contributed by atoms with E-state index in [1.807, 2.05) is 0 Å². The second-order valence-electron chi connectivity index (χ2n) is 4.75. The number of nitrogens with one attached hydrogen (secondary N) is 2. The average molecular weight is 240 g/mol. The molecule has 1 atom stereocenters. The van der Waals surface area contributed by atoms with Gasteiger partial charge >= 0.3 is 6.03 Å². The number of primary amides is 1. The highest BCUT2D eigenvalue weighted by molar-refractivity contribution is 5.82. The molecule has 0 aromatic heterocycles. The summed E-state index contributed by atoms with van der Waals surface area (Å²) in [6, 6.07) is -0.0143. The van der Waals surface area contributed by atoms with Crippen LogP contribution in [0.25, 0.3) is 0 Å². The van der Waals surface area contributed by atoms with Crippen molar-refractivity contribution >= 4 is 11.9 Å². The Morgan fingerprint density at radius 2 is 2.18 bits per heavy atom. The van der Waals surface area contributed by atoms with Gasteiger partial charge in [-0.25, -0.2) is 4.79 Å². The van der Waals surface area contributed by atoms with Crippen LogP contribution in [0.3, 0.4) is 0 Å². The molecule has 17 heavy (non-hydrogen) atoms. The number of nitrogens with zero attached hydrogens (tertiary/aromatic N) is 1. The van der Waals surface area contributed by atoms with Gasteiger partial charge in [0.25, 0.3) is 0 Å².